The molecule has 1 aromatic heterocycles. The van der Waals surface area contributed by atoms with E-state index < -0.39 is 0 Å². The summed E-state index contributed by atoms with van der Waals surface area (Å²) in [5, 5.41) is 3.97. The van der Waals surface area contributed by atoms with Crippen molar-refractivity contribution in [1.82, 2.24) is 19.9 Å². The van der Waals surface area contributed by atoms with E-state index in [1.54, 1.807) is 7.05 Å². The Morgan fingerprint density at radius 3 is 2.40 bits per heavy atom. The largest absolute Gasteiger partial charge is 0.337 e. The van der Waals surface area contributed by atoms with Gasteiger partial charge in [-0.2, -0.15) is 4.98 Å². The van der Waals surface area contributed by atoms with E-state index in [4.69, 9.17) is 4.52 Å². The van der Waals surface area contributed by atoms with Crippen LogP contribution in [-0.4, -0.2) is 51.3 Å². The number of aryl methyl sites for hydroxylation is 1. The highest BCUT2D eigenvalue weighted by Gasteiger charge is 2.46. The van der Waals surface area contributed by atoms with Crippen molar-refractivity contribution in [2.24, 2.45) is 11.8 Å². The van der Waals surface area contributed by atoms with Crippen molar-refractivity contribution in [3.63, 3.8) is 0 Å². The minimum absolute atomic E-state index is 0.0693. The zero-order valence-electron chi connectivity index (χ0n) is 17.1. The molecule has 156 valence electrons. The Morgan fingerprint density at radius 1 is 1.13 bits per heavy atom. The number of carbonyl (C=O) groups is 3. The van der Waals surface area contributed by atoms with Crippen LogP contribution in [0.2, 0.25) is 0 Å². The van der Waals surface area contributed by atoms with Crippen LogP contribution in [0.25, 0.3) is 11.4 Å². The molecule has 1 aromatic carbocycles. The summed E-state index contributed by atoms with van der Waals surface area (Å²) in [5.41, 5.74) is 1.98. The summed E-state index contributed by atoms with van der Waals surface area (Å²) in [6.07, 6.45) is 5.16. The first-order valence-electron chi connectivity index (χ1n) is 10.1. The lowest BCUT2D eigenvalue weighted by Crippen LogP contribution is -2.36. The average Bonchev–Trinajstić information content (AvgIpc) is 3.30. The number of hydrogen-bond donors (Lipinski definition) is 0. The molecule has 2 aliphatic rings. The first-order valence-corrected chi connectivity index (χ1v) is 10.1. The molecule has 1 aliphatic carbocycles. The van der Waals surface area contributed by atoms with Crippen molar-refractivity contribution in [2.75, 3.05) is 13.6 Å². The van der Waals surface area contributed by atoms with Gasteiger partial charge in [0.1, 0.15) is 0 Å². The van der Waals surface area contributed by atoms with Crippen LogP contribution in [0.3, 0.4) is 0 Å². The van der Waals surface area contributed by atoms with Crippen LogP contribution in [0.4, 0.5) is 0 Å². The van der Waals surface area contributed by atoms with E-state index in [1.165, 1.54) is 9.80 Å². The van der Waals surface area contributed by atoms with Crippen LogP contribution in [0.15, 0.2) is 40.9 Å². The normalized spacial score (nSPS) is 20.5. The average molecular weight is 408 g/mol. The zero-order chi connectivity index (χ0) is 21.3. The lowest BCUT2D eigenvalue weighted by Gasteiger charge is -2.18. The van der Waals surface area contributed by atoms with Gasteiger partial charge < -0.3 is 9.42 Å². The summed E-state index contributed by atoms with van der Waals surface area (Å²) < 4.78 is 5.27. The second-order valence-corrected chi connectivity index (χ2v) is 7.86. The number of rotatable bonds is 6. The van der Waals surface area contributed by atoms with E-state index in [0.717, 1.165) is 11.1 Å². The predicted octanol–water partition coefficient (Wildman–Crippen LogP) is 2.34. The van der Waals surface area contributed by atoms with E-state index in [1.807, 2.05) is 43.3 Å². The third kappa shape index (κ3) is 3.90. The smallest absolute Gasteiger partial charge is 0.246 e. The van der Waals surface area contributed by atoms with Crippen molar-refractivity contribution in [2.45, 2.75) is 32.7 Å². The van der Waals surface area contributed by atoms with Crippen molar-refractivity contribution in [1.29, 1.82) is 0 Å². The highest BCUT2D eigenvalue weighted by atomic mass is 16.5. The molecule has 1 fully saturated rings. The molecule has 3 amide bonds. The summed E-state index contributed by atoms with van der Waals surface area (Å²) in [6.45, 7) is 2.27. The number of imide groups is 1. The van der Waals surface area contributed by atoms with Gasteiger partial charge in [-0.05, 0) is 19.8 Å². The summed E-state index contributed by atoms with van der Waals surface area (Å²) in [4.78, 5) is 44.6. The fraction of sp³-hybridized carbons (Fsp3) is 0.409. The van der Waals surface area contributed by atoms with Crippen molar-refractivity contribution >= 4 is 17.7 Å². The first kappa shape index (κ1) is 20.0. The molecule has 1 aliphatic heterocycles. The number of nitrogens with zero attached hydrogens (tertiary/aromatic N) is 4. The van der Waals surface area contributed by atoms with E-state index in [9.17, 15) is 14.4 Å². The van der Waals surface area contributed by atoms with Crippen molar-refractivity contribution in [3.05, 3.63) is 47.9 Å². The number of aromatic nitrogens is 2. The summed E-state index contributed by atoms with van der Waals surface area (Å²) in [7, 11) is 1.63. The SMILES string of the molecule is Cc1ccc(-c2noc(CN(C)C(=O)CCN3C(=O)[C@H]4CC=CC[C@@H]4C3=O)n2)cc1. The number of carbonyl (C=O) groups excluding carboxylic acids is 3. The summed E-state index contributed by atoms with van der Waals surface area (Å²) in [6, 6.07) is 7.76. The molecule has 2 aromatic rings. The van der Waals surface area contributed by atoms with Gasteiger partial charge in [0.25, 0.3) is 0 Å². The van der Waals surface area contributed by atoms with Crippen LogP contribution in [-0.2, 0) is 20.9 Å². The van der Waals surface area contributed by atoms with Gasteiger partial charge in [0.2, 0.25) is 29.4 Å². The topological polar surface area (TPSA) is 96.6 Å². The highest BCUT2D eigenvalue weighted by Crippen LogP contribution is 2.35. The molecule has 0 spiro atoms. The van der Waals surface area contributed by atoms with Gasteiger partial charge in [0, 0.05) is 25.6 Å². The van der Waals surface area contributed by atoms with Gasteiger partial charge in [-0.25, -0.2) is 0 Å². The lowest BCUT2D eigenvalue weighted by atomic mass is 9.85. The molecule has 0 bridgehead atoms. The predicted molar refractivity (Wildman–Crippen MR) is 108 cm³/mol. The van der Waals surface area contributed by atoms with Gasteiger partial charge in [-0.15, -0.1) is 0 Å². The van der Waals surface area contributed by atoms with E-state index in [-0.39, 0.29) is 49.1 Å². The molecule has 2 atom stereocenters. The highest BCUT2D eigenvalue weighted by molar-refractivity contribution is 6.05. The molecule has 0 saturated carbocycles. The number of amides is 3. The lowest BCUT2D eigenvalue weighted by molar-refractivity contribution is -0.140. The molecule has 8 heteroatoms. The van der Waals surface area contributed by atoms with Crippen molar-refractivity contribution < 1.29 is 18.9 Å². The molecule has 30 heavy (non-hydrogen) atoms. The molecular weight excluding hydrogens is 384 g/mol. The van der Waals surface area contributed by atoms with Crippen LogP contribution in [0, 0.1) is 18.8 Å². The molecule has 1 saturated heterocycles. The quantitative estimate of drug-likeness (QED) is 0.538. The molecule has 4 rings (SSSR count). The van der Waals surface area contributed by atoms with Crippen LogP contribution >= 0.6 is 0 Å². The first-order chi connectivity index (χ1) is 14.4. The van der Waals surface area contributed by atoms with Crippen LogP contribution in [0.1, 0.15) is 30.7 Å². The van der Waals surface area contributed by atoms with E-state index in [0.29, 0.717) is 24.6 Å². The van der Waals surface area contributed by atoms with Crippen LogP contribution in [0.5, 0.6) is 0 Å². The van der Waals surface area contributed by atoms with Gasteiger partial charge in [-0.3, -0.25) is 19.3 Å². The van der Waals surface area contributed by atoms with E-state index >= 15 is 0 Å². The molecule has 0 radical (unpaired) electrons. The molecule has 0 N–H and O–H groups in total. The maximum Gasteiger partial charge on any atom is 0.246 e. The monoisotopic (exact) mass is 408 g/mol. The number of allylic oxidation sites excluding steroid dienone is 2. The Balaban J connectivity index is 1.32. The Morgan fingerprint density at radius 2 is 1.77 bits per heavy atom. The number of benzene rings is 1. The Kier molecular flexibility index (Phi) is 5.48. The van der Waals surface area contributed by atoms with Gasteiger partial charge >= 0.3 is 0 Å². The minimum atomic E-state index is -0.270. The number of hydrogen-bond acceptors (Lipinski definition) is 6. The fourth-order valence-electron chi connectivity index (χ4n) is 3.92. The Hall–Kier alpha value is -3.29. The van der Waals surface area contributed by atoms with Gasteiger partial charge in [0.05, 0.1) is 18.4 Å². The molecular formula is C22H24N4O4. The van der Waals surface area contributed by atoms with Gasteiger partial charge in [0.15, 0.2) is 0 Å². The summed E-state index contributed by atoms with van der Waals surface area (Å²) >= 11 is 0. The van der Waals surface area contributed by atoms with Crippen LogP contribution < -0.4 is 0 Å². The van der Waals surface area contributed by atoms with Gasteiger partial charge in [-0.1, -0.05) is 47.1 Å². The Labute approximate surface area is 174 Å². The third-order valence-corrected chi connectivity index (χ3v) is 5.72. The van der Waals surface area contributed by atoms with Crippen molar-refractivity contribution in [3.8, 4) is 11.4 Å². The zero-order valence-corrected chi connectivity index (χ0v) is 17.1. The number of likely N-dealkylation sites (tertiary alicyclic amines) is 1. The second-order valence-electron chi connectivity index (χ2n) is 7.86. The second kappa shape index (κ2) is 8.22. The molecule has 8 nitrogen and oxygen atoms in total. The minimum Gasteiger partial charge on any atom is -0.337 e. The maximum atomic E-state index is 12.5. The third-order valence-electron chi connectivity index (χ3n) is 5.72. The molecule has 2 heterocycles. The molecule has 0 unspecified atom stereocenters. The Bertz CT molecular complexity index is 969. The summed E-state index contributed by atoms with van der Waals surface area (Å²) in [5.74, 6) is -0.266. The number of fused-ring (bicyclic) bond motifs is 1. The standard InChI is InChI=1S/C22H24N4O4/c1-14-7-9-15(10-8-14)20-23-18(30-24-20)13-25(2)19(27)11-12-26-21(28)16-5-3-4-6-17(16)22(26)29/h3-4,7-10,16-17H,5-6,11-13H2,1-2H3/t16-,17-/m0/s1. The fourth-order valence-corrected chi connectivity index (χ4v) is 3.92. The van der Waals surface area contributed by atoms with E-state index in [2.05, 4.69) is 10.1 Å². The maximum absolute atomic E-state index is 12.5.